The highest BCUT2D eigenvalue weighted by molar-refractivity contribution is 7.89. The molecule has 2 aromatic carbocycles. The largest absolute Gasteiger partial charge is 0.369 e. The number of anilines is 1. The summed E-state index contributed by atoms with van der Waals surface area (Å²) in [6, 6.07) is 16.2. The van der Waals surface area contributed by atoms with Gasteiger partial charge in [0.05, 0.1) is 10.9 Å². The number of hydrogen-bond donors (Lipinski definition) is 1. The van der Waals surface area contributed by atoms with Crippen LogP contribution in [-0.2, 0) is 10.0 Å². The predicted octanol–water partition coefficient (Wildman–Crippen LogP) is 3.72. The SMILES string of the molecule is O=S(=O)(NC[C@@H](c1cccnc1)N1CCN(c2ccc(F)cc2)CC1)c1ccc(Cl)cc1. The van der Waals surface area contributed by atoms with Crippen molar-refractivity contribution in [2.75, 3.05) is 37.6 Å². The first-order valence-corrected chi connectivity index (χ1v) is 12.2. The highest BCUT2D eigenvalue weighted by Gasteiger charge is 2.27. The van der Waals surface area contributed by atoms with Gasteiger partial charge >= 0.3 is 0 Å². The summed E-state index contributed by atoms with van der Waals surface area (Å²) in [6.45, 7) is 3.20. The number of nitrogens with zero attached hydrogens (tertiary/aromatic N) is 3. The Bertz CT molecular complexity index is 1120. The Morgan fingerprint density at radius 2 is 1.69 bits per heavy atom. The summed E-state index contributed by atoms with van der Waals surface area (Å²) in [7, 11) is -3.68. The normalized spacial score (nSPS) is 16.1. The van der Waals surface area contributed by atoms with Crippen LogP contribution in [0.15, 0.2) is 78.0 Å². The van der Waals surface area contributed by atoms with Crippen molar-refractivity contribution >= 4 is 27.3 Å². The van der Waals surface area contributed by atoms with Gasteiger partial charge in [-0.25, -0.2) is 17.5 Å². The summed E-state index contributed by atoms with van der Waals surface area (Å²) in [5.41, 5.74) is 1.92. The highest BCUT2D eigenvalue weighted by atomic mass is 35.5. The van der Waals surface area contributed by atoms with E-state index in [0.717, 1.165) is 37.4 Å². The molecule has 4 rings (SSSR count). The summed E-state index contributed by atoms with van der Waals surface area (Å²) in [5, 5.41) is 0.483. The van der Waals surface area contributed by atoms with Gasteiger partial charge in [-0.05, 0) is 60.2 Å². The molecular weight excluding hydrogens is 451 g/mol. The van der Waals surface area contributed by atoms with Crippen molar-refractivity contribution in [2.24, 2.45) is 0 Å². The van der Waals surface area contributed by atoms with Crippen LogP contribution in [0.25, 0.3) is 0 Å². The van der Waals surface area contributed by atoms with Gasteiger partial charge in [0.2, 0.25) is 10.0 Å². The van der Waals surface area contributed by atoms with E-state index in [-0.39, 0.29) is 23.3 Å². The molecule has 1 aromatic heterocycles. The average molecular weight is 475 g/mol. The lowest BCUT2D eigenvalue weighted by molar-refractivity contribution is 0.186. The molecular formula is C23H24ClFN4O2S. The van der Waals surface area contributed by atoms with Crippen molar-refractivity contribution in [1.82, 2.24) is 14.6 Å². The molecule has 32 heavy (non-hydrogen) atoms. The minimum absolute atomic E-state index is 0.166. The number of pyridine rings is 1. The lowest BCUT2D eigenvalue weighted by Gasteiger charge is -2.40. The van der Waals surface area contributed by atoms with Crippen LogP contribution in [0.3, 0.4) is 0 Å². The van der Waals surface area contributed by atoms with Gasteiger partial charge in [0.15, 0.2) is 0 Å². The standard InChI is InChI=1S/C23H24ClFN4O2S/c24-19-3-9-22(10-4-19)32(30,31)27-17-23(18-2-1-11-26-16-18)29-14-12-28(13-15-29)21-7-5-20(25)6-8-21/h1-11,16,23,27H,12-15,17H2/t23-/m0/s1. The van der Waals surface area contributed by atoms with Crippen molar-refractivity contribution < 1.29 is 12.8 Å². The highest BCUT2D eigenvalue weighted by Crippen LogP contribution is 2.24. The van der Waals surface area contributed by atoms with E-state index in [2.05, 4.69) is 19.5 Å². The first-order valence-electron chi connectivity index (χ1n) is 10.3. The van der Waals surface area contributed by atoms with Crippen LogP contribution >= 0.6 is 11.6 Å². The van der Waals surface area contributed by atoms with E-state index in [4.69, 9.17) is 11.6 Å². The molecule has 0 saturated carbocycles. The lowest BCUT2D eigenvalue weighted by atomic mass is 10.1. The van der Waals surface area contributed by atoms with Gasteiger partial charge in [-0.15, -0.1) is 0 Å². The number of benzene rings is 2. The van der Waals surface area contributed by atoms with E-state index in [0.29, 0.717) is 5.02 Å². The number of halogens is 2. The molecule has 0 amide bonds. The number of rotatable bonds is 7. The van der Waals surface area contributed by atoms with Gasteiger partial charge in [0.1, 0.15) is 5.82 Å². The molecule has 0 aliphatic carbocycles. The minimum Gasteiger partial charge on any atom is -0.369 e. The van der Waals surface area contributed by atoms with E-state index in [9.17, 15) is 12.8 Å². The van der Waals surface area contributed by atoms with Crippen molar-refractivity contribution in [2.45, 2.75) is 10.9 Å². The van der Waals surface area contributed by atoms with Crippen LogP contribution in [0.4, 0.5) is 10.1 Å². The number of aromatic nitrogens is 1. The van der Waals surface area contributed by atoms with Crippen LogP contribution in [0, 0.1) is 5.82 Å². The maximum Gasteiger partial charge on any atom is 0.240 e. The number of hydrogen-bond acceptors (Lipinski definition) is 5. The van der Waals surface area contributed by atoms with E-state index in [1.54, 1.807) is 36.7 Å². The van der Waals surface area contributed by atoms with Gasteiger partial charge in [-0.2, -0.15) is 0 Å². The molecule has 1 fully saturated rings. The molecule has 2 heterocycles. The van der Waals surface area contributed by atoms with Crippen molar-refractivity contribution in [1.29, 1.82) is 0 Å². The van der Waals surface area contributed by atoms with Gasteiger partial charge in [-0.3, -0.25) is 9.88 Å². The summed E-state index contributed by atoms with van der Waals surface area (Å²) in [6.07, 6.45) is 3.47. The molecule has 0 spiro atoms. The second-order valence-corrected chi connectivity index (χ2v) is 9.81. The molecule has 0 radical (unpaired) electrons. The minimum atomic E-state index is -3.68. The summed E-state index contributed by atoms with van der Waals surface area (Å²) in [4.78, 5) is 8.85. The van der Waals surface area contributed by atoms with Crippen LogP contribution in [0.5, 0.6) is 0 Å². The maximum atomic E-state index is 13.2. The Labute approximate surface area is 192 Å². The summed E-state index contributed by atoms with van der Waals surface area (Å²) < 4.78 is 41.6. The molecule has 168 valence electrons. The molecule has 9 heteroatoms. The Kier molecular flexibility index (Phi) is 7.05. The molecule has 1 saturated heterocycles. The number of sulfonamides is 1. The van der Waals surface area contributed by atoms with Crippen LogP contribution in [0.2, 0.25) is 5.02 Å². The maximum absolute atomic E-state index is 13.2. The molecule has 1 aliphatic rings. The third-order valence-corrected chi connectivity index (χ3v) is 7.30. The second-order valence-electron chi connectivity index (χ2n) is 7.61. The van der Waals surface area contributed by atoms with E-state index < -0.39 is 10.0 Å². The Morgan fingerprint density at radius 1 is 1.00 bits per heavy atom. The molecule has 3 aromatic rings. The monoisotopic (exact) mass is 474 g/mol. The first-order chi connectivity index (χ1) is 15.4. The van der Waals surface area contributed by atoms with Gasteiger partial charge in [0.25, 0.3) is 0 Å². The third-order valence-electron chi connectivity index (χ3n) is 5.61. The fourth-order valence-electron chi connectivity index (χ4n) is 3.86. The Hall–Kier alpha value is -2.52. The topological polar surface area (TPSA) is 65.5 Å². The van der Waals surface area contributed by atoms with Gasteiger partial charge in [0, 0.05) is 55.8 Å². The zero-order chi connectivity index (χ0) is 22.6. The summed E-state index contributed by atoms with van der Waals surface area (Å²) >= 11 is 5.88. The Balaban J connectivity index is 1.47. The molecule has 1 atom stereocenters. The number of piperazine rings is 1. The van der Waals surface area contributed by atoms with Gasteiger partial charge < -0.3 is 4.90 Å². The van der Waals surface area contributed by atoms with Crippen LogP contribution < -0.4 is 9.62 Å². The Morgan fingerprint density at radius 3 is 2.31 bits per heavy atom. The van der Waals surface area contributed by atoms with E-state index >= 15 is 0 Å². The quantitative estimate of drug-likeness (QED) is 0.565. The van der Waals surface area contributed by atoms with Crippen molar-refractivity contribution in [3.63, 3.8) is 0 Å². The molecule has 0 bridgehead atoms. The zero-order valence-electron chi connectivity index (χ0n) is 17.4. The smallest absolute Gasteiger partial charge is 0.240 e. The van der Waals surface area contributed by atoms with E-state index in [1.807, 2.05) is 12.1 Å². The first kappa shape index (κ1) is 22.7. The number of nitrogens with one attached hydrogen (secondary N) is 1. The summed E-state index contributed by atoms with van der Waals surface area (Å²) in [5.74, 6) is -0.253. The third kappa shape index (κ3) is 5.45. The lowest BCUT2D eigenvalue weighted by Crippen LogP contribution is -2.50. The zero-order valence-corrected chi connectivity index (χ0v) is 18.9. The van der Waals surface area contributed by atoms with Crippen molar-refractivity contribution in [3.8, 4) is 0 Å². The average Bonchev–Trinajstić information content (AvgIpc) is 2.81. The van der Waals surface area contributed by atoms with Gasteiger partial charge in [-0.1, -0.05) is 17.7 Å². The molecule has 1 N–H and O–H groups in total. The van der Waals surface area contributed by atoms with E-state index in [1.165, 1.54) is 24.3 Å². The molecule has 0 unspecified atom stereocenters. The molecule has 1 aliphatic heterocycles. The van der Waals surface area contributed by atoms with Crippen LogP contribution in [0.1, 0.15) is 11.6 Å². The van der Waals surface area contributed by atoms with Crippen LogP contribution in [-0.4, -0.2) is 51.0 Å². The molecule has 6 nitrogen and oxygen atoms in total. The fraction of sp³-hybridized carbons (Fsp3) is 0.261. The fourth-order valence-corrected chi connectivity index (χ4v) is 5.02. The van der Waals surface area contributed by atoms with Crippen molar-refractivity contribution in [3.05, 3.63) is 89.5 Å². The predicted molar refractivity (Wildman–Crippen MR) is 124 cm³/mol. The second kappa shape index (κ2) is 9.95.